The molecule has 1 saturated heterocycles. The van der Waals surface area contributed by atoms with Crippen LogP contribution in [0.3, 0.4) is 0 Å². The summed E-state index contributed by atoms with van der Waals surface area (Å²) in [4.78, 5) is 2.60. The van der Waals surface area contributed by atoms with Crippen LogP contribution in [0.2, 0.25) is 0 Å². The van der Waals surface area contributed by atoms with Crippen molar-refractivity contribution in [2.45, 2.75) is 64.4 Å². The van der Waals surface area contributed by atoms with Gasteiger partial charge in [0.1, 0.15) is 0 Å². The highest BCUT2D eigenvalue weighted by molar-refractivity contribution is 7.80. The summed E-state index contributed by atoms with van der Waals surface area (Å²) >= 11 is 4.59. The van der Waals surface area contributed by atoms with Crippen LogP contribution in [0.1, 0.15) is 58.8 Å². The highest BCUT2D eigenvalue weighted by Crippen LogP contribution is 2.41. The van der Waals surface area contributed by atoms with Gasteiger partial charge in [-0.05, 0) is 43.3 Å². The molecule has 1 saturated carbocycles. The molecule has 0 bridgehead atoms. The predicted molar refractivity (Wildman–Crippen MR) is 84.8 cm³/mol. The molecule has 2 aliphatic rings. The van der Waals surface area contributed by atoms with Gasteiger partial charge in [0, 0.05) is 25.6 Å². The molecule has 2 fully saturated rings. The van der Waals surface area contributed by atoms with Crippen LogP contribution in [0.25, 0.3) is 0 Å². The summed E-state index contributed by atoms with van der Waals surface area (Å²) in [6, 6.07) is 0. The summed E-state index contributed by atoms with van der Waals surface area (Å²) in [5.41, 5.74) is 0.0318. The van der Waals surface area contributed by atoms with E-state index in [4.69, 9.17) is 0 Å². The summed E-state index contributed by atoms with van der Waals surface area (Å²) in [5.74, 6) is 1.49. The minimum absolute atomic E-state index is 0.337. The van der Waals surface area contributed by atoms with Crippen LogP contribution in [-0.2, 0) is 0 Å². The molecular formula is C16H31NOS. The zero-order valence-corrected chi connectivity index (χ0v) is 13.6. The first-order valence-corrected chi connectivity index (χ1v) is 8.76. The van der Waals surface area contributed by atoms with Gasteiger partial charge in [-0.3, -0.25) is 0 Å². The Balaban J connectivity index is 1.97. The smallest absolute Gasteiger partial charge is 0.0700 e. The van der Waals surface area contributed by atoms with Gasteiger partial charge in [0.15, 0.2) is 0 Å². The van der Waals surface area contributed by atoms with Crippen molar-refractivity contribution in [2.24, 2.45) is 11.3 Å². The summed E-state index contributed by atoms with van der Waals surface area (Å²) in [7, 11) is 0. The Morgan fingerprint density at radius 2 is 2.00 bits per heavy atom. The van der Waals surface area contributed by atoms with Crippen LogP contribution in [0.15, 0.2) is 0 Å². The molecule has 112 valence electrons. The summed E-state index contributed by atoms with van der Waals surface area (Å²) in [6.07, 6.45) is 8.17. The van der Waals surface area contributed by atoms with Gasteiger partial charge in [-0.25, -0.2) is 0 Å². The van der Waals surface area contributed by atoms with Gasteiger partial charge in [0.05, 0.1) is 5.60 Å². The molecule has 1 N–H and O–H groups in total. The van der Waals surface area contributed by atoms with E-state index in [0.717, 1.165) is 38.2 Å². The Morgan fingerprint density at radius 1 is 1.26 bits per heavy atom. The quantitative estimate of drug-likeness (QED) is 0.757. The van der Waals surface area contributed by atoms with E-state index in [0.29, 0.717) is 11.3 Å². The molecule has 0 amide bonds. The number of thiol groups is 1. The van der Waals surface area contributed by atoms with Crippen molar-refractivity contribution in [2.75, 3.05) is 25.4 Å². The molecular weight excluding hydrogens is 254 g/mol. The Labute approximate surface area is 124 Å². The standard InChI is InChI=1S/C16H31NOS/c1-3-15(4-2,13-19)12-17-10-9-16(18)8-6-5-7-14(16)11-17/h14,18-19H,3-13H2,1-2H3. The number of likely N-dealkylation sites (tertiary alicyclic amines) is 1. The van der Waals surface area contributed by atoms with Crippen LogP contribution >= 0.6 is 12.6 Å². The normalized spacial score (nSPS) is 33.2. The van der Waals surface area contributed by atoms with E-state index in [9.17, 15) is 5.11 Å². The Hall–Kier alpha value is 0.270. The minimum Gasteiger partial charge on any atom is -0.390 e. The van der Waals surface area contributed by atoms with E-state index in [1.54, 1.807) is 0 Å². The molecule has 1 aliphatic carbocycles. The van der Waals surface area contributed by atoms with Crippen molar-refractivity contribution in [1.82, 2.24) is 4.90 Å². The molecule has 0 aromatic carbocycles. The SMILES string of the molecule is CCC(CC)(CS)CN1CCC2(O)CCCCC2C1. The van der Waals surface area contributed by atoms with E-state index >= 15 is 0 Å². The van der Waals surface area contributed by atoms with E-state index in [1.165, 1.54) is 32.1 Å². The maximum Gasteiger partial charge on any atom is 0.0700 e. The molecule has 0 spiro atoms. The Morgan fingerprint density at radius 3 is 2.63 bits per heavy atom. The zero-order chi connectivity index (χ0) is 13.9. The minimum atomic E-state index is -0.337. The van der Waals surface area contributed by atoms with Crippen LogP contribution < -0.4 is 0 Å². The Bertz CT molecular complexity index is 284. The Kier molecular flexibility index (Phi) is 5.24. The van der Waals surface area contributed by atoms with Crippen molar-refractivity contribution in [3.05, 3.63) is 0 Å². The third kappa shape index (κ3) is 3.30. The van der Waals surface area contributed by atoms with Crippen LogP contribution in [0.5, 0.6) is 0 Å². The monoisotopic (exact) mass is 285 g/mol. The van der Waals surface area contributed by atoms with Crippen molar-refractivity contribution in [3.63, 3.8) is 0 Å². The molecule has 3 heteroatoms. The van der Waals surface area contributed by atoms with E-state index in [-0.39, 0.29) is 5.60 Å². The number of rotatable bonds is 5. The molecule has 0 aromatic rings. The summed E-state index contributed by atoms with van der Waals surface area (Å²) < 4.78 is 0. The molecule has 19 heavy (non-hydrogen) atoms. The lowest BCUT2D eigenvalue weighted by Gasteiger charge is -2.49. The largest absolute Gasteiger partial charge is 0.390 e. The molecule has 0 radical (unpaired) electrons. The van der Waals surface area contributed by atoms with Crippen molar-refractivity contribution in [3.8, 4) is 0 Å². The van der Waals surface area contributed by atoms with Gasteiger partial charge in [0.2, 0.25) is 0 Å². The first-order chi connectivity index (χ1) is 9.07. The highest BCUT2D eigenvalue weighted by atomic mass is 32.1. The van der Waals surface area contributed by atoms with E-state index in [2.05, 4.69) is 31.4 Å². The van der Waals surface area contributed by atoms with E-state index < -0.39 is 0 Å². The number of hydrogen-bond acceptors (Lipinski definition) is 3. The van der Waals surface area contributed by atoms with Crippen LogP contribution in [0, 0.1) is 11.3 Å². The van der Waals surface area contributed by atoms with Crippen LogP contribution in [-0.4, -0.2) is 41.0 Å². The topological polar surface area (TPSA) is 23.5 Å². The summed E-state index contributed by atoms with van der Waals surface area (Å²) in [5, 5.41) is 10.7. The summed E-state index contributed by atoms with van der Waals surface area (Å²) in [6.45, 7) is 7.92. The lowest BCUT2D eigenvalue weighted by Crippen LogP contribution is -2.55. The first kappa shape index (κ1) is 15.7. The van der Waals surface area contributed by atoms with Gasteiger partial charge < -0.3 is 10.0 Å². The molecule has 0 aromatic heterocycles. The van der Waals surface area contributed by atoms with Crippen molar-refractivity contribution >= 4 is 12.6 Å². The van der Waals surface area contributed by atoms with Crippen LogP contribution in [0.4, 0.5) is 0 Å². The highest BCUT2D eigenvalue weighted by Gasteiger charge is 2.43. The lowest BCUT2D eigenvalue weighted by atomic mass is 9.70. The lowest BCUT2D eigenvalue weighted by molar-refractivity contribution is -0.100. The molecule has 2 nitrogen and oxygen atoms in total. The number of fused-ring (bicyclic) bond motifs is 1. The van der Waals surface area contributed by atoms with E-state index in [1.807, 2.05) is 0 Å². The van der Waals surface area contributed by atoms with Crippen molar-refractivity contribution < 1.29 is 5.11 Å². The fourth-order valence-electron chi connectivity index (χ4n) is 4.00. The third-order valence-electron chi connectivity index (χ3n) is 5.91. The first-order valence-electron chi connectivity index (χ1n) is 8.13. The molecule has 2 atom stereocenters. The number of piperidine rings is 1. The average molecular weight is 285 g/mol. The van der Waals surface area contributed by atoms with Gasteiger partial charge in [0.25, 0.3) is 0 Å². The maximum atomic E-state index is 10.7. The molecule has 2 unspecified atom stereocenters. The third-order valence-corrected chi connectivity index (χ3v) is 6.58. The van der Waals surface area contributed by atoms with Gasteiger partial charge in [-0.2, -0.15) is 12.6 Å². The van der Waals surface area contributed by atoms with Gasteiger partial charge in [-0.15, -0.1) is 0 Å². The number of nitrogens with zero attached hydrogens (tertiary/aromatic N) is 1. The molecule has 1 heterocycles. The molecule has 2 rings (SSSR count). The van der Waals surface area contributed by atoms with Gasteiger partial charge in [-0.1, -0.05) is 26.7 Å². The maximum absolute atomic E-state index is 10.7. The van der Waals surface area contributed by atoms with Gasteiger partial charge >= 0.3 is 0 Å². The predicted octanol–water partition coefficient (Wildman–Crippen LogP) is 3.35. The second-order valence-electron chi connectivity index (χ2n) is 6.90. The number of aliphatic hydroxyl groups is 1. The second kappa shape index (κ2) is 6.36. The number of hydrogen-bond donors (Lipinski definition) is 2. The second-order valence-corrected chi connectivity index (χ2v) is 7.21. The van der Waals surface area contributed by atoms with Crippen molar-refractivity contribution in [1.29, 1.82) is 0 Å². The molecule has 1 aliphatic heterocycles. The fourth-order valence-corrected chi connectivity index (χ4v) is 4.55. The fraction of sp³-hybridized carbons (Fsp3) is 1.00. The average Bonchev–Trinajstić information content (AvgIpc) is 2.45. The zero-order valence-electron chi connectivity index (χ0n) is 12.7.